The second-order valence-electron chi connectivity index (χ2n) is 7.12. The summed E-state index contributed by atoms with van der Waals surface area (Å²) in [5.41, 5.74) is 1.96. The average Bonchev–Trinajstić information content (AvgIpc) is 2.68. The minimum Gasteiger partial charge on any atom is -0.379 e. The quantitative estimate of drug-likeness (QED) is 0.615. The SMILES string of the molecule is C=C(/C=C/c1c(F)cccc1F)NC(C)c1ccc(F)c(N2CCCCC2)c1. The first-order chi connectivity index (χ1) is 13.5. The Morgan fingerprint density at radius 1 is 1.04 bits per heavy atom. The largest absolute Gasteiger partial charge is 0.379 e. The van der Waals surface area contributed by atoms with Crippen molar-refractivity contribution >= 4 is 11.8 Å². The molecule has 1 fully saturated rings. The predicted molar refractivity (Wildman–Crippen MR) is 109 cm³/mol. The van der Waals surface area contributed by atoms with E-state index in [9.17, 15) is 13.2 Å². The van der Waals surface area contributed by atoms with Crippen LogP contribution in [0.5, 0.6) is 0 Å². The van der Waals surface area contributed by atoms with Gasteiger partial charge in [0.05, 0.1) is 5.69 Å². The van der Waals surface area contributed by atoms with Crippen molar-refractivity contribution in [1.29, 1.82) is 0 Å². The number of allylic oxidation sites excluding steroid dienone is 1. The molecule has 0 amide bonds. The number of piperidine rings is 1. The summed E-state index contributed by atoms with van der Waals surface area (Å²) >= 11 is 0. The Labute approximate surface area is 164 Å². The average molecular weight is 386 g/mol. The van der Waals surface area contributed by atoms with Gasteiger partial charge in [-0.1, -0.05) is 18.7 Å². The van der Waals surface area contributed by atoms with Gasteiger partial charge in [0.15, 0.2) is 0 Å². The Morgan fingerprint density at radius 3 is 2.39 bits per heavy atom. The minimum absolute atomic E-state index is 0.104. The summed E-state index contributed by atoms with van der Waals surface area (Å²) in [5, 5.41) is 3.19. The fourth-order valence-electron chi connectivity index (χ4n) is 3.44. The van der Waals surface area contributed by atoms with E-state index in [0.29, 0.717) is 11.4 Å². The molecule has 0 aromatic heterocycles. The molecule has 0 saturated carbocycles. The number of hydrogen-bond acceptors (Lipinski definition) is 2. The van der Waals surface area contributed by atoms with Crippen LogP contribution in [0.2, 0.25) is 0 Å². The van der Waals surface area contributed by atoms with Gasteiger partial charge in [-0.15, -0.1) is 0 Å². The van der Waals surface area contributed by atoms with Gasteiger partial charge in [0.1, 0.15) is 17.5 Å². The Hall–Kier alpha value is -2.69. The zero-order chi connectivity index (χ0) is 20.1. The van der Waals surface area contributed by atoms with E-state index >= 15 is 0 Å². The van der Waals surface area contributed by atoms with Crippen molar-refractivity contribution in [3.05, 3.63) is 83.3 Å². The third kappa shape index (κ3) is 4.77. The molecule has 1 aliphatic heterocycles. The molecule has 1 unspecified atom stereocenters. The molecular weight excluding hydrogens is 361 g/mol. The normalized spacial score (nSPS) is 15.6. The monoisotopic (exact) mass is 386 g/mol. The van der Waals surface area contributed by atoms with E-state index in [2.05, 4.69) is 16.8 Å². The zero-order valence-electron chi connectivity index (χ0n) is 16.0. The minimum atomic E-state index is -0.623. The summed E-state index contributed by atoms with van der Waals surface area (Å²) < 4.78 is 41.7. The van der Waals surface area contributed by atoms with Gasteiger partial charge >= 0.3 is 0 Å². The van der Waals surface area contributed by atoms with E-state index in [-0.39, 0.29) is 17.4 Å². The molecule has 28 heavy (non-hydrogen) atoms. The maximum atomic E-state index is 14.3. The van der Waals surface area contributed by atoms with E-state index in [1.807, 2.05) is 13.0 Å². The van der Waals surface area contributed by atoms with Crippen LogP contribution >= 0.6 is 0 Å². The highest BCUT2D eigenvalue weighted by Crippen LogP contribution is 2.27. The number of nitrogens with zero attached hydrogens (tertiary/aromatic N) is 1. The van der Waals surface area contributed by atoms with Gasteiger partial charge < -0.3 is 10.2 Å². The maximum Gasteiger partial charge on any atom is 0.146 e. The van der Waals surface area contributed by atoms with E-state index in [1.165, 1.54) is 42.8 Å². The molecule has 1 saturated heterocycles. The van der Waals surface area contributed by atoms with Gasteiger partial charge in [-0.3, -0.25) is 0 Å². The molecule has 5 heteroatoms. The Kier molecular flexibility index (Phi) is 6.45. The van der Waals surface area contributed by atoms with Gasteiger partial charge in [-0.2, -0.15) is 0 Å². The number of hydrogen-bond donors (Lipinski definition) is 1. The van der Waals surface area contributed by atoms with Crippen LogP contribution in [0.15, 0.2) is 54.8 Å². The zero-order valence-corrected chi connectivity index (χ0v) is 16.0. The van der Waals surface area contributed by atoms with Crippen LogP contribution < -0.4 is 10.2 Å². The number of nitrogens with one attached hydrogen (secondary N) is 1. The lowest BCUT2D eigenvalue weighted by atomic mass is 10.0. The Morgan fingerprint density at radius 2 is 1.71 bits per heavy atom. The molecule has 0 bridgehead atoms. The molecule has 0 radical (unpaired) electrons. The number of rotatable bonds is 6. The first-order valence-corrected chi connectivity index (χ1v) is 9.57. The van der Waals surface area contributed by atoms with Gasteiger partial charge in [0.25, 0.3) is 0 Å². The molecular formula is C23H25F3N2. The summed E-state index contributed by atoms with van der Waals surface area (Å²) in [5.74, 6) is -1.46. The van der Waals surface area contributed by atoms with E-state index < -0.39 is 11.6 Å². The highest BCUT2D eigenvalue weighted by atomic mass is 19.1. The number of halogens is 3. The topological polar surface area (TPSA) is 15.3 Å². The van der Waals surface area contributed by atoms with E-state index in [1.54, 1.807) is 6.07 Å². The van der Waals surface area contributed by atoms with Crippen LogP contribution in [0.25, 0.3) is 6.08 Å². The summed E-state index contributed by atoms with van der Waals surface area (Å²) in [6.45, 7) is 7.57. The van der Waals surface area contributed by atoms with Crippen molar-refractivity contribution < 1.29 is 13.2 Å². The molecule has 0 spiro atoms. The lowest BCUT2D eigenvalue weighted by Crippen LogP contribution is -2.30. The summed E-state index contributed by atoms with van der Waals surface area (Å²) in [6, 6.07) is 8.72. The van der Waals surface area contributed by atoms with Crippen LogP contribution in [0, 0.1) is 17.5 Å². The van der Waals surface area contributed by atoms with Crippen LogP contribution in [-0.4, -0.2) is 13.1 Å². The van der Waals surface area contributed by atoms with E-state index in [4.69, 9.17) is 0 Å². The molecule has 2 nitrogen and oxygen atoms in total. The molecule has 1 N–H and O–H groups in total. The predicted octanol–water partition coefficient (Wildman–Crippen LogP) is 5.97. The number of anilines is 1. The van der Waals surface area contributed by atoms with Crippen LogP contribution in [0.3, 0.4) is 0 Å². The third-order valence-electron chi connectivity index (χ3n) is 5.02. The lowest BCUT2D eigenvalue weighted by Gasteiger charge is -2.30. The molecule has 3 rings (SSSR count). The molecule has 2 aromatic carbocycles. The number of benzene rings is 2. The van der Waals surface area contributed by atoms with Crippen molar-refractivity contribution in [1.82, 2.24) is 5.32 Å². The third-order valence-corrected chi connectivity index (χ3v) is 5.02. The highest BCUT2D eigenvalue weighted by molar-refractivity contribution is 5.54. The second kappa shape index (κ2) is 9.00. The fourth-order valence-corrected chi connectivity index (χ4v) is 3.44. The van der Waals surface area contributed by atoms with Crippen LogP contribution in [0.1, 0.15) is 43.4 Å². The summed E-state index contributed by atoms with van der Waals surface area (Å²) in [4.78, 5) is 2.09. The maximum absolute atomic E-state index is 14.3. The van der Waals surface area contributed by atoms with Gasteiger partial charge in [0, 0.05) is 30.4 Å². The Balaban J connectivity index is 1.69. The molecule has 1 atom stereocenters. The first-order valence-electron chi connectivity index (χ1n) is 9.57. The van der Waals surface area contributed by atoms with Gasteiger partial charge in [-0.05, 0) is 68.2 Å². The summed E-state index contributed by atoms with van der Waals surface area (Å²) in [6.07, 6.45) is 6.23. The van der Waals surface area contributed by atoms with Crippen molar-refractivity contribution in [3.8, 4) is 0 Å². The lowest BCUT2D eigenvalue weighted by molar-refractivity contribution is 0.555. The molecule has 148 valence electrons. The standard InChI is InChI=1S/C23H25F3N2/c1-16(9-11-19-20(24)7-6-8-21(19)25)27-17(2)18-10-12-22(26)23(15-18)28-13-4-3-5-14-28/h6-12,15,17,27H,1,3-5,13-14H2,2H3/b11-9+. The Bertz CT molecular complexity index is 850. The van der Waals surface area contributed by atoms with Crippen molar-refractivity contribution in [3.63, 3.8) is 0 Å². The molecule has 1 heterocycles. The van der Waals surface area contributed by atoms with Gasteiger partial charge in [-0.25, -0.2) is 13.2 Å². The molecule has 0 aliphatic carbocycles. The smallest absolute Gasteiger partial charge is 0.146 e. The van der Waals surface area contributed by atoms with Crippen molar-refractivity contribution in [2.24, 2.45) is 0 Å². The highest BCUT2D eigenvalue weighted by Gasteiger charge is 2.17. The van der Waals surface area contributed by atoms with Crippen molar-refractivity contribution in [2.45, 2.75) is 32.2 Å². The molecule has 2 aromatic rings. The van der Waals surface area contributed by atoms with E-state index in [0.717, 1.165) is 31.5 Å². The van der Waals surface area contributed by atoms with Gasteiger partial charge in [0.2, 0.25) is 0 Å². The first kappa shape index (κ1) is 20.1. The summed E-state index contributed by atoms with van der Waals surface area (Å²) in [7, 11) is 0. The van der Waals surface area contributed by atoms with Crippen LogP contribution in [-0.2, 0) is 0 Å². The fraction of sp³-hybridized carbons (Fsp3) is 0.304. The van der Waals surface area contributed by atoms with Crippen LogP contribution in [0.4, 0.5) is 18.9 Å². The second-order valence-corrected chi connectivity index (χ2v) is 7.12. The van der Waals surface area contributed by atoms with Crippen molar-refractivity contribution in [2.75, 3.05) is 18.0 Å². The molecule has 1 aliphatic rings.